The van der Waals surface area contributed by atoms with E-state index >= 15 is 0 Å². The summed E-state index contributed by atoms with van der Waals surface area (Å²) in [5.41, 5.74) is 0.894. The van der Waals surface area contributed by atoms with Crippen molar-refractivity contribution in [1.82, 2.24) is 5.06 Å². The van der Waals surface area contributed by atoms with Gasteiger partial charge < -0.3 is 9.05 Å². The van der Waals surface area contributed by atoms with Crippen molar-refractivity contribution in [3.63, 3.8) is 0 Å². The summed E-state index contributed by atoms with van der Waals surface area (Å²) in [6.45, 7) is 11.2. The lowest BCUT2D eigenvalue weighted by molar-refractivity contribution is -0.237. The summed E-state index contributed by atoms with van der Waals surface area (Å²) < 4.78 is 24.0. The number of nitrogens with zero attached hydrogens (tertiary/aromatic N) is 1. The fourth-order valence-electron chi connectivity index (χ4n) is 2.60. The number of hydrogen-bond acceptors (Lipinski definition) is 4. The first-order chi connectivity index (χ1) is 10.7. The fourth-order valence-corrected chi connectivity index (χ4v) is 4.35. The fraction of sp³-hybridized carbons (Fsp3) is 0.647. The lowest BCUT2D eigenvalue weighted by Gasteiger charge is -2.41. The average Bonchev–Trinajstić information content (AvgIpc) is 2.48. The van der Waals surface area contributed by atoms with Crippen LogP contribution in [0.15, 0.2) is 30.3 Å². The van der Waals surface area contributed by atoms with Crippen molar-refractivity contribution >= 4 is 7.60 Å². The molecule has 0 saturated heterocycles. The summed E-state index contributed by atoms with van der Waals surface area (Å²) in [7, 11) is -3.58. The molecule has 1 unspecified atom stereocenters. The largest absolute Gasteiger partial charge is 0.352 e. The molecule has 5 nitrogen and oxygen atoms in total. The highest BCUT2D eigenvalue weighted by Crippen LogP contribution is 2.62. The van der Waals surface area contributed by atoms with Gasteiger partial charge in [-0.05, 0) is 39.2 Å². The molecule has 1 atom stereocenters. The van der Waals surface area contributed by atoms with Crippen molar-refractivity contribution in [1.29, 1.82) is 0 Å². The SMILES string of the molecule is CCOP(=O)(OCC)C(C)(C)N([O])C(c1ccccc1)C(C)C. The van der Waals surface area contributed by atoms with Crippen molar-refractivity contribution in [2.45, 2.75) is 52.9 Å². The molecule has 0 N–H and O–H groups in total. The van der Waals surface area contributed by atoms with Crippen LogP contribution in [-0.2, 0) is 18.8 Å². The quantitative estimate of drug-likeness (QED) is 0.466. The van der Waals surface area contributed by atoms with Gasteiger partial charge in [0.15, 0.2) is 0 Å². The van der Waals surface area contributed by atoms with Crippen molar-refractivity contribution in [3.05, 3.63) is 35.9 Å². The molecule has 1 aromatic rings. The Bertz CT molecular complexity index is 509. The minimum absolute atomic E-state index is 0.0471. The van der Waals surface area contributed by atoms with Gasteiger partial charge in [0.1, 0.15) is 5.28 Å². The summed E-state index contributed by atoms with van der Waals surface area (Å²) in [5.74, 6) is 0.0471. The Morgan fingerprint density at radius 2 is 1.57 bits per heavy atom. The molecule has 0 amide bonds. The maximum atomic E-state index is 13.2. The maximum Gasteiger partial charge on any atom is 0.352 e. The number of hydrogen-bond donors (Lipinski definition) is 0. The van der Waals surface area contributed by atoms with Gasteiger partial charge in [0.05, 0.1) is 19.3 Å². The summed E-state index contributed by atoms with van der Waals surface area (Å²) in [4.78, 5) is 0. The van der Waals surface area contributed by atoms with Crippen LogP contribution in [0, 0.1) is 5.92 Å². The monoisotopic (exact) mass is 342 g/mol. The molecule has 0 aromatic heterocycles. The normalized spacial score (nSPS) is 14.5. The first-order valence-electron chi connectivity index (χ1n) is 8.11. The Labute approximate surface area is 140 Å². The molecule has 0 aliphatic carbocycles. The van der Waals surface area contributed by atoms with E-state index in [-0.39, 0.29) is 19.1 Å². The van der Waals surface area contributed by atoms with Crippen LogP contribution in [0.4, 0.5) is 0 Å². The number of rotatable bonds is 9. The van der Waals surface area contributed by atoms with E-state index in [1.807, 2.05) is 44.2 Å². The Hall–Kier alpha value is -0.710. The average molecular weight is 342 g/mol. The zero-order valence-electron chi connectivity index (χ0n) is 15.0. The van der Waals surface area contributed by atoms with Gasteiger partial charge >= 0.3 is 7.60 Å². The standard InChI is InChI=1S/C17H29NO4P/c1-7-21-23(20,22-8-2)17(5,6)18(19)16(14(3)4)15-12-10-9-11-13-15/h9-14,16H,7-8H2,1-6H3. The highest BCUT2D eigenvalue weighted by atomic mass is 31.2. The van der Waals surface area contributed by atoms with Gasteiger partial charge in [0.25, 0.3) is 0 Å². The van der Waals surface area contributed by atoms with Crippen molar-refractivity contribution in [3.8, 4) is 0 Å². The van der Waals surface area contributed by atoms with Crippen LogP contribution in [0.25, 0.3) is 0 Å². The molecule has 0 heterocycles. The highest BCUT2D eigenvalue weighted by molar-refractivity contribution is 7.55. The Kier molecular flexibility index (Phi) is 7.43. The summed E-state index contributed by atoms with van der Waals surface area (Å²) in [5, 5.41) is 12.8. The second-order valence-corrected chi connectivity index (χ2v) is 8.86. The van der Waals surface area contributed by atoms with Crippen molar-refractivity contribution < 1.29 is 18.8 Å². The van der Waals surface area contributed by atoms with Gasteiger partial charge in [0, 0.05) is 0 Å². The van der Waals surface area contributed by atoms with Crippen LogP contribution < -0.4 is 0 Å². The third-order valence-corrected chi connectivity index (χ3v) is 6.57. The Morgan fingerprint density at radius 1 is 1.09 bits per heavy atom. The van der Waals surface area contributed by atoms with Gasteiger partial charge in [-0.3, -0.25) is 4.57 Å². The van der Waals surface area contributed by atoms with Crippen LogP contribution >= 0.6 is 7.60 Å². The van der Waals surface area contributed by atoms with E-state index in [0.29, 0.717) is 0 Å². The Morgan fingerprint density at radius 3 is 1.96 bits per heavy atom. The molecule has 6 heteroatoms. The molecule has 1 radical (unpaired) electrons. The minimum atomic E-state index is -3.58. The van der Waals surface area contributed by atoms with Crippen molar-refractivity contribution in [2.75, 3.05) is 13.2 Å². The Balaban J connectivity index is 3.24. The zero-order chi connectivity index (χ0) is 17.7. The summed E-state index contributed by atoms with van der Waals surface area (Å²) in [6.07, 6.45) is 0. The van der Waals surface area contributed by atoms with Gasteiger partial charge in [-0.25, -0.2) is 0 Å². The van der Waals surface area contributed by atoms with E-state index in [2.05, 4.69) is 0 Å². The van der Waals surface area contributed by atoms with E-state index in [0.717, 1.165) is 10.6 Å². The lowest BCUT2D eigenvalue weighted by atomic mass is 9.95. The molecule has 131 valence electrons. The van der Waals surface area contributed by atoms with E-state index in [4.69, 9.17) is 9.05 Å². The summed E-state index contributed by atoms with van der Waals surface area (Å²) >= 11 is 0. The molecule has 0 aliphatic heterocycles. The van der Waals surface area contributed by atoms with E-state index in [1.165, 1.54) is 0 Å². The van der Waals surface area contributed by atoms with Gasteiger partial charge in [-0.15, -0.1) is 10.3 Å². The molecular formula is C17H29NO4P. The van der Waals surface area contributed by atoms with Gasteiger partial charge in [-0.1, -0.05) is 44.2 Å². The molecule has 1 aromatic carbocycles. The molecule has 0 saturated carbocycles. The summed E-state index contributed by atoms with van der Waals surface area (Å²) in [6, 6.07) is 9.11. The second kappa shape index (κ2) is 8.41. The smallest absolute Gasteiger partial charge is 0.308 e. The lowest BCUT2D eigenvalue weighted by Crippen LogP contribution is -2.45. The van der Waals surface area contributed by atoms with Crippen molar-refractivity contribution in [2.24, 2.45) is 5.92 Å². The number of benzene rings is 1. The molecule has 0 aliphatic rings. The molecule has 23 heavy (non-hydrogen) atoms. The maximum absolute atomic E-state index is 13.2. The molecule has 0 fully saturated rings. The first-order valence-corrected chi connectivity index (χ1v) is 9.66. The topological polar surface area (TPSA) is 58.7 Å². The van der Waals surface area contributed by atoms with Gasteiger partial charge in [0.2, 0.25) is 0 Å². The third-order valence-electron chi connectivity index (χ3n) is 3.83. The molecule has 1 rings (SSSR count). The van der Waals surface area contributed by atoms with Crippen LogP contribution in [-0.4, -0.2) is 23.6 Å². The van der Waals surface area contributed by atoms with Crippen LogP contribution in [0.2, 0.25) is 0 Å². The predicted octanol–water partition coefficient (Wildman–Crippen LogP) is 5.03. The molecule has 0 spiro atoms. The van der Waals surface area contributed by atoms with E-state index in [9.17, 15) is 9.77 Å². The molecule has 0 bridgehead atoms. The number of hydroxylamine groups is 2. The van der Waals surface area contributed by atoms with E-state index < -0.39 is 18.9 Å². The predicted molar refractivity (Wildman–Crippen MR) is 91.5 cm³/mol. The van der Waals surface area contributed by atoms with E-state index in [1.54, 1.807) is 27.7 Å². The zero-order valence-corrected chi connectivity index (χ0v) is 15.9. The molecular weight excluding hydrogens is 313 g/mol. The van der Waals surface area contributed by atoms with Crippen LogP contribution in [0.3, 0.4) is 0 Å². The van der Waals surface area contributed by atoms with Gasteiger partial charge in [-0.2, -0.15) is 0 Å². The highest BCUT2D eigenvalue weighted by Gasteiger charge is 2.51. The van der Waals surface area contributed by atoms with Crippen LogP contribution in [0.5, 0.6) is 0 Å². The first kappa shape index (κ1) is 20.3. The second-order valence-electron chi connectivity index (χ2n) is 6.25. The third kappa shape index (κ3) is 4.43. The van der Waals surface area contributed by atoms with Crippen LogP contribution in [0.1, 0.15) is 53.1 Å². The minimum Gasteiger partial charge on any atom is -0.308 e.